The van der Waals surface area contributed by atoms with Crippen LogP contribution in [0.25, 0.3) is 0 Å². The van der Waals surface area contributed by atoms with Gasteiger partial charge in [-0.1, -0.05) is 18.2 Å². The average molecular weight is 380 g/mol. The summed E-state index contributed by atoms with van der Waals surface area (Å²) >= 11 is 0. The third-order valence-corrected chi connectivity index (χ3v) is 5.74. The molecule has 6 nitrogen and oxygen atoms in total. The van der Waals surface area contributed by atoms with Gasteiger partial charge in [-0.15, -0.1) is 0 Å². The van der Waals surface area contributed by atoms with Gasteiger partial charge in [0.15, 0.2) is 6.61 Å². The summed E-state index contributed by atoms with van der Waals surface area (Å²) in [7, 11) is 2.10. The predicted octanol–water partition coefficient (Wildman–Crippen LogP) is 2.95. The second kappa shape index (κ2) is 8.17. The Bertz CT molecular complexity index is 840. The molecule has 2 aliphatic heterocycles. The van der Waals surface area contributed by atoms with Gasteiger partial charge in [0.05, 0.1) is 0 Å². The quantitative estimate of drug-likeness (QED) is 0.816. The van der Waals surface area contributed by atoms with E-state index in [1.165, 1.54) is 5.56 Å². The first kappa shape index (κ1) is 18.7. The Hall–Kier alpha value is -2.63. The summed E-state index contributed by atoms with van der Waals surface area (Å²) in [6, 6.07) is 9.48. The number of piperidine rings is 1. The number of likely N-dealkylation sites (tertiary alicyclic amines) is 1. The van der Waals surface area contributed by atoms with Crippen LogP contribution >= 0.6 is 0 Å². The number of aryl methyl sites for hydroxylation is 1. The largest absolute Gasteiger partial charge is 0.484 e. The van der Waals surface area contributed by atoms with Crippen molar-refractivity contribution in [1.82, 2.24) is 14.9 Å². The molecule has 0 saturated carbocycles. The number of hydrogen-bond donors (Lipinski definition) is 0. The first-order valence-corrected chi connectivity index (χ1v) is 10.2. The summed E-state index contributed by atoms with van der Waals surface area (Å²) in [5, 5.41) is 0. The molecule has 1 fully saturated rings. The van der Waals surface area contributed by atoms with Gasteiger partial charge in [0, 0.05) is 43.9 Å². The van der Waals surface area contributed by atoms with Crippen molar-refractivity contribution in [2.24, 2.45) is 0 Å². The molecule has 1 unspecified atom stereocenters. The van der Waals surface area contributed by atoms with Crippen molar-refractivity contribution >= 4 is 11.7 Å². The summed E-state index contributed by atoms with van der Waals surface area (Å²) in [5.74, 6) is 2.89. The molecule has 1 aromatic heterocycles. The van der Waals surface area contributed by atoms with Crippen molar-refractivity contribution in [3.05, 3.63) is 47.4 Å². The minimum atomic E-state index is 0.0281. The van der Waals surface area contributed by atoms with E-state index in [9.17, 15) is 4.79 Å². The fourth-order valence-corrected chi connectivity index (χ4v) is 4.16. The van der Waals surface area contributed by atoms with Gasteiger partial charge in [-0.2, -0.15) is 0 Å². The third kappa shape index (κ3) is 3.96. The summed E-state index contributed by atoms with van der Waals surface area (Å²) in [6.07, 6.45) is 4.19. The van der Waals surface area contributed by atoms with E-state index in [1.807, 2.05) is 35.2 Å². The molecule has 0 N–H and O–H groups in total. The van der Waals surface area contributed by atoms with Gasteiger partial charge >= 0.3 is 0 Å². The van der Waals surface area contributed by atoms with Crippen LogP contribution in [-0.4, -0.2) is 54.1 Å². The van der Waals surface area contributed by atoms with E-state index in [0.29, 0.717) is 6.54 Å². The van der Waals surface area contributed by atoms with Gasteiger partial charge in [-0.25, -0.2) is 9.97 Å². The monoisotopic (exact) mass is 380 g/mol. The summed E-state index contributed by atoms with van der Waals surface area (Å²) < 4.78 is 5.64. The number of carbonyl (C=O) groups excluding carboxylic acids is 1. The number of amides is 1. The lowest BCUT2D eigenvalue weighted by Gasteiger charge is -2.33. The zero-order valence-corrected chi connectivity index (χ0v) is 16.7. The van der Waals surface area contributed by atoms with Gasteiger partial charge in [0.2, 0.25) is 0 Å². The molecule has 1 amide bonds. The van der Waals surface area contributed by atoms with Crippen LogP contribution in [-0.2, 0) is 11.2 Å². The van der Waals surface area contributed by atoms with Crippen molar-refractivity contribution in [2.45, 2.75) is 38.5 Å². The summed E-state index contributed by atoms with van der Waals surface area (Å²) in [5.41, 5.74) is 2.36. The highest BCUT2D eigenvalue weighted by atomic mass is 16.5. The van der Waals surface area contributed by atoms with E-state index in [0.717, 1.165) is 61.9 Å². The van der Waals surface area contributed by atoms with Crippen molar-refractivity contribution < 1.29 is 9.53 Å². The minimum absolute atomic E-state index is 0.0281. The molecule has 2 aliphatic rings. The molecule has 1 saturated heterocycles. The third-order valence-electron chi connectivity index (χ3n) is 5.74. The maximum Gasteiger partial charge on any atom is 0.260 e. The van der Waals surface area contributed by atoms with Crippen LogP contribution in [0.1, 0.15) is 42.3 Å². The number of fused-ring (bicyclic) bond motifs is 1. The molecule has 4 rings (SSSR count). The predicted molar refractivity (Wildman–Crippen MR) is 109 cm³/mol. The molecule has 2 aromatic rings. The van der Waals surface area contributed by atoms with Gasteiger partial charge in [-0.3, -0.25) is 4.79 Å². The molecular formula is C22H28N4O2. The Morgan fingerprint density at radius 2 is 2.00 bits per heavy atom. The average Bonchev–Trinajstić information content (AvgIpc) is 2.73. The highest BCUT2D eigenvalue weighted by molar-refractivity contribution is 5.78. The first-order valence-electron chi connectivity index (χ1n) is 10.2. The molecule has 0 aliphatic carbocycles. The number of ether oxygens (including phenoxy) is 1. The number of rotatable bonds is 4. The summed E-state index contributed by atoms with van der Waals surface area (Å²) in [4.78, 5) is 26.5. The molecule has 6 heteroatoms. The van der Waals surface area contributed by atoms with E-state index in [1.54, 1.807) is 0 Å². The van der Waals surface area contributed by atoms with Crippen molar-refractivity contribution in [3.8, 4) is 5.75 Å². The Balaban J connectivity index is 1.44. The second-order valence-electron chi connectivity index (χ2n) is 7.78. The van der Waals surface area contributed by atoms with Gasteiger partial charge in [0.1, 0.15) is 17.4 Å². The Labute approximate surface area is 166 Å². The first-order chi connectivity index (χ1) is 13.6. The van der Waals surface area contributed by atoms with E-state index in [2.05, 4.69) is 18.9 Å². The van der Waals surface area contributed by atoms with E-state index in [-0.39, 0.29) is 18.4 Å². The fourth-order valence-electron chi connectivity index (χ4n) is 4.16. The number of benzene rings is 1. The Kier molecular flexibility index (Phi) is 5.46. The molecule has 28 heavy (non-hydrogen) atoms. The van der Waals surface area contributed by atoms with Crippen LogP contribution in [0, 0.1) is 6.92 Å². The van der Waals surface area contributed by atoms with E-state index < -0.39 is 0 Å². The van der Waals surface area contributed by atoms with Gasteiger partial charge < -0.3 is 14.5 Å². The normalized spacial score (nSPS) is 19.3. The van der Waals surface area contributed by atoms with Crippen LogP contribution in [0.3, 0.4) is 0 Å². The zero-order chi connectivity index (χ0) is 19.5. The smallest absolute Gasteiger partial charge is 0.260 e. The molecule has 0 spiro atoms. The molecule has 1 atom stereocenters. The number of para-hydroxylation sites is 1. The van der Waals surface area contributed by atoms with Crippen LogP contribution in [0.4, 0.5) is 5.82 Å². The number of hydrogen-bond acceptors (Lipinski definition) is 5. The van der Waals surface area contributed by atoms with E-state index in [4.69, 9.17) is 14.7 Å². The number of anilines is 1. The second-order valence-corrected chi connectivity index (χ2v) is 7.78. The van der Waals surface area contributed by atoms with Crippen LogP contribution in [0.15, 0.2) is 30.3 Å². The molecular weight excluding hydrogens is 352 g/mol. The lowest BCUT2D eigenvalue weighted by atomic mass is 9.96. The lowest BCUT2D eigenvalue weighted by molar-refractivity contribution is -0.134. The topological polar surface area (TPSA) is 58.6 Å². The molecule has 1 aromatic carbocycles. The zero-order valence-electron chi connectivity index (χ0n) is 16.7. The maximum absolute atomic E-state index is 12.7. The fraction of sp³-hybridized carbons (Fsp3) is 0.500. The summed E-state index contributed by atoms with van der Waals surface area (Å²) in [6.45, 7) is 4.64. The van der Waals surface area contributed by atoms with Crippen LogP contribution < -0.4 is 9.64 Å². The van der Waals surface area contributed by atoms with Crippen LogP contribution in [0.5, 0.6) is 5.75 Å². The minimum Gasteiger partial charge on any atom is -0.484 e. The van der Waals surface area contributed by atoms with Crippen molar-refractivity contribution in [3.63, 3.8) is 0 Å². The Morgan fingerprint density at radius 1 is 1.18 bits per heavy atom. The van der Waals surface area contributed by atoms with E-state index >= 15 is 0 Å². The van der Waals surface area contributed by atoms with Crippen LogP contribution in [0.2, 0.25) is 0 Å². The highest BCUT2D eigenvalue weighted by Crippen LogP contribution is 2.31. The van der Waals surface area contributed by atoms with Gasteiger partial charge in [-0.05, 0) is 44.7 Å². The van der Waals surface area contributed by atoms with Crippen molar-refractivity contribution in [2.75, 3.05) is 38.2 Å². The number of aromatic nitrogens is 2. The maximum atomic E-state index is 12.7. The number of carbonyl (C=O) groups is 1. The molecule has 0 bridgehead atoms. The Morgan fingerprint density at radius 3 is 2.82 bits per heavy atom. The van der Waals surface area contributed by atoms with Gasteiger partial charge in [0.25, 0.3) is 5.91 Å². The SMILES string of the molecule is Cc1nc(C2CCCN(C(=O)COc3ccccc3)C2)nc2c1CCCN2C. The highest BCUT2D eigenvalue weighted by Gasteiger charge is 2.29. The van der Waals surface area contributed by atoms with Crippen molar-refractivity contribution in [1.29, 1.82) is 0 Å². The number of nitrogens with zero attached hydrogens (tertiary/aromatic N) is 4. The molecule has 3 heterocycles. The molecule has 0 radical (unpaired) electrons. The lowest BCUT2D eigenvalue weighted by Crippen LogP contribution is -2.42. The molecule has 148 valence electrons. The standard InChI is InChI=1S/C22H28N4O2/c1-16-19-11-7-12-25(2)22(19)24-21(23-16)17-8-6-13-26(14-17)20(27)15-28-18-9-4-3-5-10-18/h3-5,9-10,17H,6-8,11-15H2,1-2H3.